The smallest absolute Gasteiger partial charge is 0.276 e. The highest BCUT2D eigenvalue weighted by Crippen LogP contribution is 2.27. The second kappa shape index (κ2) is 7.18. The van der Waals surface area contributed by atoms with Crippen molar-refractivity contribution in [2.75, 3.05) is 23.3 Å². The normalized spacial score (nSPS) is 14.5. The maximum atomic E-state index is 12.4. The molecule has 1 aromatic carbocycles. The highest BCUT2D eigenvalue weighted by molar-refractivity contribution is 6.34. The third kappa shape index (κ3) is 3.67. The number of amides is 1. The number of anilines is 2. The number of carbonyl (C=O) groups excluding carboxylic acids is 1. The number of hydrogen-bond donors (Lipinski definition) is 1. The number of hydrogen-bond acceptors (Lipinski definition) is 4. The van der Waals surface area contributed by atoms with Crippen LogP contribution < -0.4 is 10.2 Å². The summed E-state index contributed by atoms with van der Waals surface area (Å²) in [6, 6.07) is 7.38. The lowest BCUT2D eigenvalue weighted by molar-refractivity contribution is 0.102. The average Bonchev–Trinajstić information content (AvgIpc) is 2.59. The van der Waals surface area contributed by atoms with Crippen molar-refractivity contribution in [3.63, 3.8) is 0 Å². The Balaban J connectivity index is 1.73. The van der Waals surface area contributed by atoms with Gasteiger partial charge in [0.05, 0.1) is 10.7 Å². The Labute approximate surface area is 147 Å². The molecule has 0 bridgehead atoms. The second-order valence-electron chi connectivity index (χ2n) is 6.22. The molecule has 2 aromatic rings. The van der Waals surface area contributed by atoms with Crippen LogP contribution in [-0.2, 0) is 0 Å². The van der Waals surface area contributed by atoms with Gasteiger partial charge in [0.15, 0.2) is 11.5 Å². The Morgan fingerprint density at radius 3 is 2.50 bits per heavy atom. The maximum Gasteiger partial charge on any atom is 0.276 e. The van der Waals surface area contributed by atoms with Crippen LogP contribution in [0.3, 0.4) is 0 Å². The summed E-state index contributed by atoms with van der Waals surface area (Å²) in [6.45, 7) is 5.88. The molecule has 0 saturated carbocycles. The van der Waals surface area contributed by atoms with Gasteiger partial charge < -0.3 is 10.2 Å². The van der Waals surface area contributed by atoms with Gasteiger partial charge in [0.2, 0.25) is 0 Å². The summed E-state index contributed by atoms with van der Waals surface area (Å²) < 4.78 is 0. The van der Waals surface area contributed by atoms with Gasteiger partial charge in [-0.25, -0.2) is 0 Å². The Bertz CT molecular complexity index is 716. The highest BCUT2D eigenvalue weighted by atomic mass is 35.5. The van der Waals surface area contributed by atoms with E-state index in [1.54, 1.807) is 6.07 Å². The van der Waals surface area contributed by atoms with E-state index in [2.05, 4.69) is 20.4 Å². The minimum atomic E-state index is -0.304. The summed E-state index contributed by atoms with van der Waals surface area (Å²) in [5.74, 6) is 0.525. The van der Waals surface area contributed by atoms with Crippen molar-refractivity contribution in [3.8, 4) is 0 Å². The minimum absolute atomic E-state index is 0.284. The predicted octanol–water partition coefficient (Wildman–Crippen LogP) is 3.99. The summed E-state index contributed by atoms with van der Waals surface area (Å²) >= 11 is 6.24. The fourth-order valence-electron chi connectivity index (χ4n) is 2.99. The molecule has 0 atom stereocenters. The van der Waals surface area contributed by atoms with Crippen molar-refractivity contribution in [2.24, 2.45) is 0 Å². The topological polar surface area (TPSA) is 58.1 Å². The minimum Gasteiger partial charge on any atom is -0.355 e. The number of rotatable bonds is 3. The Kier molecular flexibility index (Phi) is 5.00. The van der Waals surface area contributed by atoms with Gasteiger partial charge in [-0.3, -0.25) is 4.79 Å². The molecule has 1 saturated heterocycles. The Morgan fingerprint density at radius 2 is 1.88 bits per heavy atom. The maximum absolute atomic E-state index is 12.4. The fourth-order valence-corrected chi connectivity index (χ4v) is 3.36. The third-order valence-electron chi connectivity index (χ3n) is 4.23. The Hall–Kier alpha value is -2.14. The molecule has 5 nitrogen and oxygen atoms in total. The van der Waals surface area contributed by atoms with Gasteiger partial charge in [-0.15, -0.1) is 10.2 Å². The second-order valence-corrected chi connectivity index (χ2v) is 6.62. The van der Waals surface area contributed by atoms with E-state index in [9.17, 15) is 4.79 Å². The quantitative estimate of drug-likeness (QED) is 0.914. The van der Waals surface area contributed by atoms with Crippen molar-refractivity contribution >= 4 is 29.0 Å². The molecule has 0 spiro atoms. The number of halogens is 1. The van der Waals surface area contributed by atoms with E-state index in [0.29, 0.717) is 10.7 Å². The molecular weight excluding hydrogens is 324 g/mol. The monoisotopic (exact) mass is 344 g/mol. The van der Waals surface area contributed by atoms with Crippen LogP contribution in [0.15, 0.2) is 24.3 Å². The fraction of sp³-hybridized carbons (Fsp3) is 0.389. The predicted molar refractivity (Wildman–Crippen MR) is 97.0 cm³/mol. The first kappa shape index (κ1) is 16.7. The molecule has 126 valence electrons. The molecule has 1 N–H and O–H groups in total. The van der Waals surface area contributed by atoms with Crippen molar-refractivity contribution in [1.29, 1.82) is 0 Å². The molecule has 2 heterocycles. The zero-order chi connectivity index (χ0) is 17.1. The number of aromatic nitrogens is 2. The van der Waals surface area contributed by atoms with Crippen LogP contribution >= 0.6 is 11.6 Å². The first-order chi connectivity index (χ1) is 11.5. The zero-order valence-electron chi connectivity index (χ0n) is 14.0. The molecule has 24 heavy (non-hydrogen) atoms. The molecule has 1 aromatic heterocycles. The van der Waals surface area contributed by atoms with E-state index in [1.807, 2.05) is 32.0 Å². The number of nitrogens with one attached hydrogen (secondary N) is 1. The van der Waals surface area contributed by atoms with Gasteiger partial charge in [-0.1, -0.05) is 17.7 Å². The van der Waals surface area contributed by atoms with Gasteiger partial charge in [0, 0.05) is 13.1 Å². The van der Waals surface area contributed by atoms with E-state index in [0.717, 1.165) is 30.0 Å². The van der Waals surface area contributed by atoms with Crippen LogP contribution in [0, 0.1) is 13.8 Å². The van der Waals surface area contributed by atoms with E-state index in [1.165, 1.54) is 19.3 Å². The molecular formula is C18H21ClN4O. The summed E-state index contributed by atoms with van der Waals surface area (Å²) in [6.07, 6.45) is 3.62. The van der Waals surface area contributed by atoms with E-state index >= 15 is 0 Å². The molecule has 3 rings (SSSR count). The first-order valence-electron chi connectivity index (χ1n) is 8.21. The number of benzene rings is 1. The summed E-state index contributed by atoms with van der Waals surface area (Å²) in [5, 5.41) is 11.6. The number of nitrogens with zero attached hydrogens (tertiary/aromatic N) is 3. The van der Waals surface area contributed by atoms with Gasteiger partial charge in [-0.05, 0) is 62.4 Å². The lowest BCUT2D eigenvalue weighted by Crippen LogP contribution is -2.30. The summed E-state index contributed by atoms with van der Waals surface area (Å²) in [5.41, 5.74) is 2.88. The average molecular weight is 345 g/mol. The van der Waals surface area contributed by atoms with Crippen molar-refractivity contribution in [2.45, 2.75) is 33.1 Å². The molecule has 0 unspecified atom stereocenters. The lowest BCUT2D eigenvalue weighted by Gasteiger charge is -2.27. The number of aryl methyl sites for hydroxylation is 2. The first-order valence-corrected chi connectivity index (χ1v) is 8.59. The molecule has 0 aliphatic carbocycles. The van der Waals surface area contributed by atoms with Crippen molar-refractivity contribution < 1.29 is 4.79 Å². The SMILES string of the molecule is Cc1cc(C)c(NC(=O)c2ccc(N3CCCCC3)nn2)c(Cl)c1. The van der Waals surface area contributed by atoms with Crippen LogP contribution in [0.4, 0.5) is 11.5 Å². The van der Waals surface area contributed by atoms with Crippen LogP contribution in [0.25, 0.3) is 0 Å². The Morgan fingerprint density at radius 1 is 1.12 bits per heavy atom. The van der Waals surface area contributed by atoms with E-state index in [-0.39, 0.29) is 11.6 Å². The zero-order valence-corrected chi connectivity index (χ0v) is 14.7. The largest absolute Gasteiger partial charge is 0.355 e. The van der Waals surface area contributed by atoms with E-state index < -0.39 is 0 Å². The van der Waals surface area contributed by atoms with Gasteiger partial charge in [0.25, 0.3) is 5.91 Å². The van der Waals surface area contributed by atoms with Gasteiger partial charge in [0.1, 0.15) is 0 Å². The molecule has 1 amide bonds. The third-order valence-corrected chi connectivity index (χ3v) is 4.53. The van der Waals surface area contributed by atoms with Crippen molar-refractivity contribution in [1.82, 2.24) is 10.2 Å². The van der Waals surface area contributed by atoms with Crippen LogP contribution in [0.1, 0.15) is 40.9 Å². The summed E-state index contributed by atoms with van der Waals surface area (Å²) in [4.78, 5) is 14.6. The molecule has 6 heteroatoms. The molecule has 1 aliphatic rings. The number of carbonyl (C=O) groups is 1. The number of piperidine rings is 1. The van der Waals surface area contributed by atoms with E-state index in [4.69, 9.17) is 11.6 Å². The molecule has 1 fully saturated rings. The van der Waals surface area contributed by atoms with Crippen LogP contribution in [0.2, 0.25) is 5.02 Å². The van der Waals surface area contributed by atoms with Crippen LogP contribution in [-0.4, -0.2) is 29.2 Å². The standard InChI is InChI=1S/C18H21ClN4O/c1-12-10-13(2)17(14(19)11-12)20-18(24)15-6-7-16(22-21-15)23-8-4-3-5-9-23/h6-7,10-11H,3-5,8-9H2,1-2H3,(H,20,24). The highest BCUT2D eigenvalue weighted by Gasteiger charge is 2.16. The van der Waals surface area contributed by atoms with Gasteiger partial charge in [-0.2, -0.15) is 0 Å². The van der Waals surface area contributed by atoms with Crippen LogP contribution in [0.5, 0.6) is 0 Å². The molecule has 0 radical (unpaired) electrons. The van der Waals surface area contributed by atoms with Crippen molar-refractivity contribution in [3.05, 3.63) is 46.1 Å². The lowest BCUT2D eigenvalue weighted by atomic mass is 10.1. The van der Waals surface area contributed by atoms with Gasteiger partial charge >= 0.3 is 0 Å². The summed E-state index contributed by atoms with van der Waals surface area (Å²) in [7, 11) is 0. The molecule has 1 aliphatic heterocycles.